The fraction of sp³-hybridized carbons (Fsp3) is 0.667. The quantitative estimate of drug-likeness (QED) is 0.798. The van der Waals surface area contributed by atoms with E-state index in [-0.39, 0.29) is 11.2 Å². The maximum Gasteiger partial charge on any atom is 0.188 e. The van der Waals surface area contributed by atoms with Crippen molar-refractivity contribution < 1.29 is 4.79 Å². The largest absolute Gasteiger partial charge is 0.292 e. The fourth-order valence-electron chi connectivity index (χ4n) is 2.71. The Labute approximate surface area is 104 Å². The van der Waals surface area contributed by atoms with E-state index < -0.39 is 0 Å². The molecule has 0 bridgehead atoms. The van der Waals surface area contributed by atoms with Gasteiger partial charge in [0.1, 0.15) is 5.69 Å². The third kappa shape index (κ3) is 1.73. The first-order valence-corrected chi connectivity index (χ1v) is 6.62. The molecule has 16 heavy (non-hydrogen) atoms. The molecule has 0 saturated heterocycles. The molecule has 1 aromatic rings. The normalized spacial score (nSPS) is 18.9. The highest BCUT2D eigenvalue weighted by Gasteiger charge is 2.41. The van der Waals surface area contributed by atoms with E-state index in [2.05, 4.69) is 28.0 Å². The summed E-state index contributed by atoms with van der Waals surface area (Å²) in [5.74, 6) is 0.263. The summed E-state index contributed by atoms with van der Waals surface area (Å²) in [7, 11) is 1.83. The lowest BCUT2D eigenvalue weighted by atomic mass is 9.78. The summed E-state index contributed by atoms with van der Waals surface area (Å²) in [6.45, 7) is 2.12. The maximum absolute atomic E-state index is 12.6. The van der Waals surface area contributed by atoms with Crippen molar-refractivity contribution in [2.24, 2.45) is 12.5 Å². The van der Waals surface area contributed by atoms with E-state index >= 15 is 0 Å². The highest BCUT2D eigenvalue weighted by atomic mass is 79.9. The van der Waals surface area contributed by atoms with Crippen LogP contribution in [0, 0.1) is 5.41 Å². The maximum atomic E-state index is 12.6. The van der Waals surface area contributed by atoms with Crippen LogP contribution < -0.4 is 0 Å². The first-order chi connectivity index (χ1) is 7.60. The first-order valence-electron chi connectivity index (χ1n) is 5.83. The molecule has 1 saturated carbocycles. The van der Waals surface area contributed by atoms with Gasteiger partial charge >= 0.3 is 0 Å². The molecule has 1 heterocycles. The van der Waals surface area contributed by atoms with Crippen molar-refractivity contribution in [3.63, 3.8) is 0 Å². The Morgan fingerprint density at radius 3 is 2.62 bits per heavy atom. The van der Waals surface area contributed by atoms with E-state index in [1.165, 1.54) is 12.8 Å². The average molecular weight is 285 g/mol. The third-order valence-corrected chi connectivity index (χ3v) is 4.41. The molecule has 88 valence electrons. The molecular weight excluding hydrogens is 268 g/mol. The van der Waals surface area contributed by atoms with Gasteiger partial charge in [0, 0.05) is 12.5 Å². The highest BCUT2D eigenvalue weighted by Crippen LogP contribution is 2.44. The minimum Gasteiger partial charge on any atom is -0.292 e. The minimum atomic E-state index is -0.129. The monoisotopic (exact) mass is 284 g/mol. The molecule has 0 spiro atoms. The van der Waals surface area contributed by atoms with Crippen molar-refractivity contribution in [3.05, 3.63) is 16.4 Å². The van der Waals surface area contributed by atoms with E-state index in [4.69, 9.17) is 0 Å². The number of Topliss-reactive ketones (excluding diaryl/α,β-unsaturated/α-hetero) is 1. The van der Waals surface area contributed by atoms with Crippen LogP contribution >= 0.6 is 15.9 Å². The van der Waals surface area contributed by atoms with Crippen molar-refractivity contribution in [2.75, 3.05) is 0 Å². The number of hydrogen-bond donors (Lipinski definition) is 0. The summed E-state index contributed by atoms with van der Waals surface area (Å²) >= 11 is 3.41. The predicted molar refractivity (Wildman–Crippen MR) is 66.4 cm³/mol. The molecule has 1 aliphatic carbocycles. The van der Waals surface area contributed by atoms with Crippen LogP contribution in [0.25, 0.3) is 0 Å². The Bertz CT molecular complexity index is 386. The van der Waals surface area contributed by atoms with Gasteiger partial charge < -0.3 is 0 Å². The molecule has 0 amide bonds. The van der Waals surface area contributed by atoms with Crippen LogP contribution in [-0.2, 0) is 7.05 Å². The summed E-state index contributed by atoms with van der Waals surface area (Å²) < 4.78 is 2.50. The van der Waals surface area contributed by atoms with Gasteiger partial charge in [-0.15, -0.1) is 0 Å². The molecular formula is C12H17BrN2O. The van der Waals surface area contributed by atoms with E-state index in [1.807, 2.05) is 7.05 Å². The van der Waals surface area contributed by atoms with Crippen LogP contribution in [0.2, 0.25) is 0 Å². The molecule has 0 unspecified atom stereocenters. The first kappa shape index (κ1) is 11.8. The van der Waals surface area contributed by atoms with E-state index in [1.54, 1.807) is 10.9 Å². The molecule has 0 atom stereocenters. The Morgan fingerprint density at radius 1 is 1.56 bits per heavy atom. The zero-order valence-corrected chi connectivity index (χ0v) is 11.4. The zero-order chi connectivity index (χ0) is 11.8. The Hall–Kier alpha value is -0.640. The summed E-state index contributed by atoms with van der Waals surface area (Å²) in [4.78, 5) is 12.6. The van der Waals surface area contributed by atoms with Gasteiger partial charge in [-0.05, 0) is 35.2 Å². The van der Waals surface area contributed by atoms with Gasteiger partial charge in [-0.3, -0.25) is 9.48 Å². The second kappa shape index (κ2) is 4.32. The highest BCUT2D eigenvalue weighted by molar-refractivity contribution is 9.10. The van der Waals surface area contributed by atoms with Gasteiger partial charge in [-0.25, -0.2) is 0 Å². The second-order valence-electron chi connectivity index (χ2n) is 4.63. The molecule has 1 aromatic heterocycles. The molecule has 0 N–H and O–H groups in total. The predicted octanol–water partition coefficient (Wildman–Crippen LogP) is 3.34. The van der Waals surface area contributed by atoms with E-state index in [9.17, 15) is 4.79 Å². The summed E-state index contributed by atoms with van der Waals surface area (Å²) in [5, 5.41) is 4.12. The Balaban J connectivity index is 2.38. The van der Waals surface area contributed by atoms with Gasteiger partial charge in [0.25, 0.3) is 0 Å². The van der Waals surface area contributed by atoms with Crippen LogP contribution in [0.5, 0.6) is 0 Å². The van der Waals surface area contributed by atoms with Crippen molar-refractivity contribution in [1.29, 1.82) is 0 Å². The van der Waals surface area contributed by atoms with Gasteiger partial charge in [0.15, 0.2) is 5.78 Å². The topological polar surface area (TPSA) is 34.9 Å². The van der Waals surface area contributed by atoms with Crippen LogP contribution in [-0.4, -0.2) is 15.6 Å². The number of carbonyl (C=O) groups is 1. The van der Waals surface area contributed by atoms with Crippen LogP contribution in [0.4, 0.5) is 0 Å². The Morgan fingerprint density at radius 2 is 2.19 bits per heavy atom. The lowest BCUT2D eigenvalue weighted by Crippen LogP contribution is -2.29. The van der Waals surface area contributed by atoms with Gasteiger partial charge in [0.05, 0.1) is 10.7 Å². The second-order valence-corrected chi connectivity index (χ2v) is 5.49. The number of rotatable bonds is 3. The van der Waals surface area contributed by atoms with Crippen molar-refractivity contribution >= 4 is 21.7 Å². The van der Waals surface area contributed by atoms with Gasteiger partial charge in [-0.2, -0.15) is 5.10 Å². The molecule has 0 radical (unpaired) electrons. The lowest BCUT2D eigenvalue weighted by Gasteiger charge is -2.25. The summed E-state index contributed by atoms with van der Waals surface area (Å²) in [6.07, 6.45) is 7.04. The smallest absolute Gasteiger partial charge is 0.188 e. The number of carbonyl (C=O) groups excluding carboxylic acids is 1. The molecule has 2 rings (SSSR count). The molecule has 1 fully saturated rings. The number of hydrogen-bond acceptors (Lipinski definition) is 2. The van der Waals surface area contributed by atoms with E-state index in [0.717, 1.165) is 29.4 Å². The van der Waals surface area contributed by atoms with Crippen molar-refractivity contribution in [3.8, 4) is 0 Å². The van der Waals surface area contributed by atoms with Crippen LogP contribution in [0.1, 0.15) is 49.5 Å². The number of aromatic nitrogens is 2. The third-order valence-electron chi connectivity index (χ3n) is 3.83. The van der Waals surface area contributed by atoms with E-state index in [0.29, 0.717) is 0 Å². The zero-order valence-electron chi connectivity index (χ0n) is 9.79. The molecule has 0 aromatic carbocycles. The molecule has 1 aliphatic rings. The summed E-state index contributed by atoms with van der Waals surface area (Å²) in [5.41, 5.74) is 0.597. The van der Waals surface area contributed by atoms with Crippen molar-refractivity contribution in [2.45, 2.75) is 39.0 Å². The Kier molecular flexibility index (Phi) is 3.19. The minimum absolute atomic E-state index is 0.129. The van der Waals surface area contributed by atoms with Gasteiger partial charge in [-0.1, -0.05) is 19.8 Å². The van der Waals surface area contributed by atoms with Crippen LogP contribution in [0.3, 0.4) is 0 Å². The van der Waals surface area contributed by atoms with Gasteiger partial charge in [0.2, 0.25) is 0 Å². The SMILES string of the molecule is CCC1(C(=O)c2c(Br)cnn2C)CCCC1. The lowest BCUT2D eigenvalue weighted by molar-refractivity contribution is 0.0779. The number of halogens is 1. The van der Waals surface area contributed by atoms with Crippen LogP contribution in [0.15, 0.2) is 10.7 Å². The molecule has 4 heteroatoms. The number of ketones is 1. The number of nitrogens with zero attached hydrogens (tertiary/aromatic N) is 2. The summed E-state index contributed by atoms with van der Waals surface area (Å²) in [6, 6.07) is 0. The average Bonchev–Trinajstić information content (AvgIpc) is 2.86. The fourth-order valence-corrected chi connectivity index (χ4v) is 3.24. The molecule has 3 nitrogen and oxygen atoms in total. The standard InChI is InChI=1S/C12H17BrN2O/c1-3-12(6-4-5-7-12)11(16)10-9(13)8-14-15(10)2/h8H,3-7H2,1-2H3. The van der Waals surface area contributed by atoms with Crippen molar-refractivity contribution in [1.82, 2.24) is 9.78 Å². The molecule has 0 aliphatic heterocycles. The number of aryl methyl sites for hydroxylation is 1.